The molecule has 4 heteroatoms. The van der Waals surface area contributed by atoms with Crippen molar-refractivity contribution in [1.29, 1.82) is 0 Å². The van der Waals surface area contributed by atoms with E-state index in [0.717, 1.165) is 37.1 Å². The maximum Gasteiger partial charge on any atom is 0.221 e. The number of amides is 1. The molecule has 2 N–H and O–H groups in total. The summed E-state index contributed by atoms with van der Waals surface area (Å²) in [6, 6.07) is 7.22. The van der Waals surface area contributed by atoms with E-state index in [1.165, 1.54) is 6.92 Å². The first-order valence-corrected chi connectivity index (χ1v) is 6.37. The van der Waals surface area contributed by atoms with Crippen LogP contribution in [0.3, 0.4) is 0 Å². The van der Waals surface area contributed by atoms with Crippen molar-refractivity contribution in [2.24, 2.45) is 0 Å². The fourth-order valence-electron chi connectivity index (χ4n) is 2.21. The minimum Gasteiger partial charge on any atom is -0.488 e. The second-order valence-corrected chi connectivity index (χ2v) is 4.71. The number of ether oxygens (including phenoxy) is 1. The van der Waals surface area contributed by atoms with E-state index in [1.807, 2.05) is 12.1 Å². The smallest absolute Gasteiger partial charge is 0.221 e. The van der Waals surface area contributed by atoms with Crippen LogP contribution in [0.2, 0.25) is 0 Å². The molecule has 0 radical (unpaired) electrons. The van der Waals surface area contributed by atoms with Gasteiger partial charge in [-0.2, -0.15) is 0 Å². The van der Waals surface area contributed by atoms with Crippen molar-refractivity contribution in [1.82, 2.24) is 0 Å². The van der Waals surface area contributed by atoms with Crippen LogP contribution in [0.25, 0.3) is 0 Å². The van der Waals surface area contributed by atoms with Crippen molar-refractivity contribution < 1.29 is 14.6 Å². The fourth-order valence-corrected chi connectivity index (χ4v) is 2.21. The number of benzene rings is 1. The standard InChI is InChI=1S/C14H19NO3/c1-10(16)15-11-6-8-12(9-7-11)18-14-5-3-2-4-13(14)17/h6-9,13-14,17H,2-5H2,1H3,(H,15,16)/t13-,14+/m0/s1. The third-order valence-electron chi connectivity index (χ3n) is 3.13. The molecule has 18 heavy (non-hydrogen) atoms. The van der Waals surface area contributed by atoms with E-state index in [9.17, 15) is 9.90 Å². The van der Waals surface area contributed by atoms with Crippen molar-refractivity contribution in [3.63, 3.8) is 0 Å². The van der Waals surface area contributed by atoms with E-state index in [1.54, 1.807) is 12.1 Å². The molecule has 1 aromatic carbocycles. The third kappa shape index (κ3) is 3.47. The Bertz CT molecular complexity index is 402. The van der Waals surface area contributed by atoms with Gasteiger partial charge in [-0.05, 0) is 43.5 Å². The zero-order valence-corrected chi connectivity index (χ0v) is 10.6. The minimum absolute atomic E-state index is 0.0913. The first kappa shape index (κ1) is 12.9. The van der Waals surface area contributed by atoms with Crippen molar-refractivity contribution in [2.45, 2.75) is 44.8 Å². The number of carbonyl (C=O) groups is 1. The van der Waals surface area contributed by atoms with Crippen LogP contribution in [-0.2, 0) is 4.79 Å². The predicted octanol–water partition coefficient (Wildman–Crippen LogP) is 2.33. The Morgan fingerprint density at radius 1 is 1.28 bits per heavy atom. The van der Waals surface area contributed by atoms with E-state index in [2.05, 4.69) is 5.32 Å². The first-order valence-electron chi connectivity index (χ1n) is 6.37. The molecule has 0 aliphatic heterocycles. The highest BCUT2D eigenvalue weighted by molar-refractivity contribution is 5.88. The maximum atomic E-state index is 10.9. The number of anilines is 1. The Labute approximate surface area is 107 Å². The molecule has 1 saturated carbocycles. The lowest BCUT2D eigenvalue weighted by Crippen LogP contribution is -2.34. The highest BCUT2D eigenvalue weighted by Gasteiger charge is 2.24. The van der Waals surface area contributed by atoms with Crippen molar-refractivity contribution in [3.8, 4) is 5.75 Å². The van der Waals surface area contributed by atoms with Crippen LogP contribution < -0.4 is 10.1 Å². The van der Waals surface area contributed by atoms with Crippen LogP contribution in [0.4, 0.5) is 5.69 Å². The maximum absolute atomic E-state index is 10.9. The minimum atomic E-state index is -0.367. The largest absolute Gasteiger partial charge is 0.488 e. The molecule has 0 heterocycles. The van der Waals surface area contributed by atoms with Gasteiger partial charge in [0.2, 0.25) is 5.91 Å². The Balaban J connectivity index is 1.95. The lowest BCUT2D eigenvalue weighted by molar-refractivity contribution is -0.114. The van der Waals surface area contributed by atoms with Gasteiger partial charge in [0, 0.05) is 12.6 Å². The fraction of sp³-hybridized carbons (Fsp3) is 0.500. The molecular formula is C14H19NO3. The number of rotatable bonds is 3. The van der Waals surface area contributed by atoms with Crippen LogP contribution in [0.5, 0.6) is 5.75 Å². The molecular weight excluding hydrogens is 230 g/mol. The number of hydrogen-bond donors (Lipinski definition) is 2. The number of carbonyl (C=O) groups excluding carboxylic acids is 1. The molecule has 0 spiro atoms. The molecule has 0 unspecified atom stereocenters. The molecule has 98 valence electrons. The second kappa shape index (κ2) is 5.87. The van der Waals surface area contributed by atoms with Crippen LogP contribution in [0.1, 0.15) is 32.6 Å². The van der Waals surface area contributed by atoms with Crippen molar-refractivity contribution >= 4 is 11.6 Å². The van der Waals surface area contributed by atoms with Gasteiger partial charge in [-0.1, -0.05) is 6.42 Å². The zero-order valence-electron chi connectivity index (χ0n) is 10.6. The summed E-state index contributed by atoms with van der Waals surface area (Å²) < 4.78 is 5.76. The van der Waals surface area contributed by atoms with Crippen LogP contribution in [0, 0.1) is 0 Å². The van der Waals surface area contributed by atoms with Gasteiger partial charge in [-0.3, -0.25) is 4.79 Å². The van der Waals surface area contributed by atoms with E-state index in [-0.39, 0.29) is 18.1 Å². The number of hydrogen-bond acceptors (Lipinski definition) is 3. The summed E-state index contributed by atoms with van der Waals surface area (Å²) in [6.07, 6.45) is 3.41. The molecule has 1 fully saturated rings. The second-order valence-electron chi connectivity index (χ2n) is 4.71. The molecule has 0 saturated heterocycles. The van der Waals surface area contributed by atoms with Gasteiger partial charge in [0.15, 0.2) is 0 Å². The summed E-state index contributed by atoms with van der Waals surface area (Å²) in [5.41, 5.74) is 0.749. The predicted molar refractivity (Wildman–Crippen MR) is 69.6 cm³/mol. The van der Waals surface area contributed by atoms with Crippen LogP contribution >= 0.6 is 0 Å². The van der Waals surface area contributed by atoms with Gasteiger partial charge in [0.1, 0.15) is 11.9 Å². The molecule has 1 amide bonds. The van der Waals surface area contributed by atoms with Gasteiger partial charge < -0.3 is 15.2 Å². The highest BCUT2D eigenvalue weighted by Crippen LogP contribution is 2.24. The molecule has 0 aromatic heterocycles. The van der Waals surface area contributed by atoms with E-state index < -0.39 is 0 Å². The Kier molecular flexibility index (Phi) is 4.20. The summed E-state index contributed by atoms with van der Waals surface area (Å²) in [4.78, 5) is 10.9. The summed E-state index contributed by atoms with van der Waals surface area (Å²) in [6.45, 7) is 1.47. The van der Waals surface area contributed by atoms with Gasteiger partial charge >= 0.3 is 0 Å². The van der Waals surface area contributed by atoms with Crippen LogP contribution in [-0.4, -0.2) is 23.2 Å². The van der Waals surface area contributed by atoms with E-state index in [0.29, 0.717) is 0 Å². The van der Waals surface area contributed by atoms with Crippen LogP contribution in [0.15, 0.2) is 24.3 Å². The number of aliphatic hydroxyl groups excluding tert-OH is 1. The van der Waals surface area contributed by atoms with E-state index >= 15 is 0 Å². The van der Waals surface area contributed by atoms with E-state index in [4.69, 9.17) is 4.74 Å². The average Bonchev–Trinajstić information content (AvgIpc) is 2.34. The average molecular weight is 249 g/mol. The normalized spacial score (nSPS) is 23.4. The van der Waals surface area contributed by atoms with Gasteiger partial charge in [0.25, 0.3) is 0 Å². The molecule has 0 bridgehead atoms. The first-order chi connectivity index (χ1) is 8.65. The summed E-state index contributed by atoms with van der Waals surface area (Å²) in [5, 5.41) is 12.5. The molecule has 2 rings (SSSR count). The number of nitrogens with one attached hydrogen (secondary N) is 1. The third-order valence-corrected chi connectivity index (χ3v) is 3.13. The molecule has 1 aliphatic carbocycles. The quantitative estimate of drug-likeness (QED) is 0.864. The number of aliphatic hydroxyl groups is 1. The summed E-state index contributed by atoms with van der Waals surface area (Å²) >= 11 is 0. The Hall–Kier alpha value is -1.55. The summed E-state index contributed by atoms with van der Waals surface area (Å²) in [7, 11) is 0. The molecule has 1 aromatic rings. The SMILES string of the molecule is CC(=O)Nc1ccc(O[C@@H]2CCCC[C@@H]2O)cc1. The lowest BCUT2D eigenvalue weighted by Gasteiger charge is -2.28. The summed E-state index contributed by atoms with van der Waals surface area (Å²) in [5.74, 6) is 0.640. The topological polar surface area (TPSA) is 58.6 Å². The monoisotopic (exact) mass is 249 g/mol. The Morgan fingerprint density at radius 3 is 2.56 bits per heavy atom. The molecule has 4 nitrogen and oxygen atoms in total. The van der Waals surface area contributed by atoms with Gasteiger partial charge in [-0.15, -0.1) is 0 Å². The molecule has 1 aliphatic rings. The Morgan fingerprint density at radius 2 is 1.94 bits per heavy atom. The van der Waals surface area contributed by atoms with Crippen molar-refractivity contribution in [3.05, 3.63) is 24.3 Å². The van der Waals surface area contributed by atoms with Gasteiger partial charge in [-0.25, -0.2) is 0 Å². The highest BCUT2D eigenvalue weighted by atomic mass is 16.5. The zero-order chi connectivity index (χ0) is 13.0. The lowest BCUT2D eigenvalue weighted by atomic mass is 9.95. The molecule has 2 atom stereocenters. The van der Waals surface area contributed by atoms with Crippen molar-refractivity contribution in [2.75, 3.05) is 5.32 Å². The van der Waals surface area contributed by atoms with Gasteiger partial charge in [0.05, 0.1) is 6.10 Å².